The summed E-state index contributed by atoms with van der Waals surface area (Å²) in [6.07, 6.45) is 6.87. The molecule has 0 aliphatic carbocycles. The van der Waals surface area contributed by atoms with Gasteiger partial charge in [-0.25, -0.2) is 0 Å². The highest BCUT2D eigenvalue weighted by Gasteiger charge is 2.16. The van der Waals surface area contributed by atoms with Crippen LogP contribution in [-0.2, 0) is 11.3 Å². The molecular weight excluding hydrogens is 509 g/mol. The van der Waals surface area contributed by atoms with Crippen LogP contribution in [-0.4, -0.2) is 25.5 Å². The first-order chi connectivity index (χ1) is 13.4. The molecule has 0 saturated carbocycles. The molecule has 1 aromatic carbocycles. The van der Waals surface area contributed by atoms with Crippen LogP contribution in [0.5, 0.6) is 11.5 Å². The molecule has 0 aliphatic rings. The van der Waals surface area contributed by atoms with Crippen molar-refractivity contribution < 1.29 is 14.3 Å². The zero-order valence-electron chi connectivity index (χ0n) is 17.1. The Morgan fingerprint density at radius 3 is 2.39 bits per heavy atom. The number of hydrogen-bond acceptors (Lipinski definition) is 4. The maximum absolute atomic E-state index is 6.56. The summed E-state index contributed by atoms with van der Waals surface area (Å²) in [6.45, 7) is 9.73. The molecule has 7 heteroatoms. The third-order valence-corrected chi connectivity index (χ3v) is 4.98. The minimum atomic E-state index is 0.432. The van der Waals surface area contributed by atoms with E-state index in [2.05, 4.69) is 43.9 Å². The zero-order valence-corrected chi connectivity index (χ0v) is 21.0. The van der Waals surface area contributed by atoms with Crippen molar-refractivity contribution in [1.82, 2.24) is 0 Å². The zero-order chi connectivity index (χ0) is 20.9. The van der Waals surface area contributed by atoms with E-state index in [1.165, 1.54) is 0 Å². The predicted molar refractivity (Wildman–Crippen MR) is 126 cm³/mol. The summed E-state index contributed by atoms with van der Waals surface area (Å²) in [4.78, 5) is 5.20. The van der Waals surface area contributed by atoms with Crippen molar-refractivity contribution >= 4 is 49.2 Å². The van der Waals surface area contributed by atoms with Crippen LogP contribution in [0.25, 0.3) is 0 Å². The van der Waals surface area contributed by atoms with Crippen LogP contribution in [0.4, 0.5) is 0 Å². The predicted octanol–water partition coefficient (Wildman–Crippen LogP) is 7.57. The molecular formula is C21H30Br2ClNO3. The number of oxime groups is 1. The van der Waals surface area contributed by atoms with Crippen molar-refractivity contribution in [3.05, 3.63) is 31.7 Å². The normalized spacial score (nSPS) is 10.4. The van der Waals surface area contributed by atoms with Crippen molar-refractivity contribution in [2.75, 3.05) is 19.8 Å². The Hall–Kier alpha value is -0.720. The number of hydrogen-bond donors (Lipinski definition) is 0. The molecule has 0 amide bonds. The standard InChI is InChI=1S/C21H30Br2ClNO3/c1-5-17-20(24)18(26-13-10-19(22)23)14-16(4)21(17)27-11-8-6-7-9-12-28-25-15(2)3/h10,14H,5-9,11-13H2,1-4H3. The molecule has 1 aromatic rings. The lowest BCUT2D eigenvalue weighted by Gasteiger charge is -2.18. The number of benzene rings is 1. The van der Waals surface area contributed by atoms with Gasteiger partial charge < -0.3 is 14.3 Å². The van der Waals surface area contributed by atoms with Crippen molar-refractivity contribution in [1.29, 1.82) is 0 Å². The Kier molecular flexibility index (Phi) is 12.9. The van der Waals surface area contributed by atoms with E-state index in [9.17, 15) is 0 Å². The molecule has 158 valence electrons. The van der Waals surface area contributed by atoms with E-state index in [1.807, 2.05) is 32.9 Å². The van der Waals surface area contributed by atoms with E-state index in [0.717, 1.165) is 58.1 Å². The molecule has 0 bridgehead atoms. The molecule has 0 fully saturated rings. The van der Waals surface area contributed by atoms with Crippen LogP contribution in [0.2, 0.25) is 5.02 Å². The third kappa shape index (κ3) is 9.66. The summed E-state index contributed by atoms with van der Waals surface area (Å²) < 4.78 is 12.7. The van der Waals surface area contributed by atoms with Gasteiger partial charge >= 0.3 is 0 Å². The first kappa shape index (κ1) is 25.3. The van der Waals surface area contributed by atoms with E-state index in [-0.39, 0.29) is 0 Å². The van der Waals surface area contributed by atoms with Crippen LogP contribution >= 0.6 is 43.5 Å². The number of ether oxygens (including phenoxy) is 2. The summed E-state index contributed by atoms with van der Waals surface area (Å²) in [5.41, 5.74) is 2.98. The lowest BCUT2D eigenvalue weighted by molar-refractivity contribution is 0.139. The number of rotatable bonds is 13. The van der Waals surface area contributed by atoms with Crippen LogP contribution in [0.15, 0.2) is 20.7 Å². The fraction of sp³-hybridized carbons (Fsp3) is 0.571. The summed E-state index contributed by atoms with van der Waals surface area (Å²) in [7, 11) is 0. The minimum absolute atomic E-state index is 0.432. The lowest BCUT2D eigenvalue weighted by Crippen LogP contribution is -2.05. The molecule has 0 unspecified atom stereocenters. The largest absolute Gasteiger partial charge is 0.493 e. The first-order valence-corrected chi connectivity index (χ1v) is 11.5. The van der Waals surface area contributed by atoms with Gasteiger partial charge in [0.25, 0.3) is 0 Å². The molecule has 4 nitrogen and oxygen atoms in total. The van der Waals surface area contributed by atoms with E-state index in [4.69, 9.17) is 25.9 Å². The number of unbranched alkanes of at least 4 members (excludes halogenated alkanes) is 3. The molecule has 0 heterocycles. The van der Waals surface area contributed by atoms with E-state index in [0.29, 0.717) is 30.6 Å². The number of halogens is 3. The molecule has 1 rings (SSSR count). The second kappa shape index (κ2) is 14.3. The topological polar surface area (TPSA) is 40.0 Å². The van der Waals surface area contributed by atoms with Gasteiger partial charge in [0.15, 0.2) is 0 Å². The highest BCUT2D eigenvalue weighted by atomic mass is 79.9. The van der Waals surface area contributed by atoms with Crippen LogP contribution < -0.4 is 9.47 Å². The number of nitrogens with zero attached hydrogens (tertiary/aromatic N) is 1. The monoisotopic (exact) mass is 537 g/mol. The third-order valence-electron chi connectivity index (χ3n) is 3.91. The quantitative estimate of drug-likeness (QED) is 0.147. The second-order valence-electron chi connectivity index (χ2n) is 6.61. The summed E-state index contributed by atoms with van der Waals surface area (Å²) in [5.74, 6) is 1.57. The van der Waals surface area contributed by atoms with E-state index in [1.54, 1.807) is 0 Å². The van der Waals surface area contributed by atoms with Crippen molar-refractivity contribution in [2.45, 2.75) is 59.8 Å². The maximum Gasteiger partial charge on any atom is 0.139 e. The molecule has 28 heavy (non-hydrogen) atoms. The van der Waals surface area contributed by atoms with Crippen molar-refractivity contribution in [3.63, 3.8) is 0 Å². The van der Waals surface area contributed by atoms with E-state index < -0.39 is 0 Å². The average Bonchev–Trinajstić information content (AvgIpc) is 2.63. The van der Waals surface area contributed by atoms with Crippen LogP contribution in [0.3, 0.4) is 0 Å². The van der Waals surface area contributed by atoms with Gasteiger partial charge in [-0.15, -0.1) is 0 Å². The Morgan fingerprint density at radius 1 is 1.11 bits per heavy atom. The molecule has 0 atom stereocenters. The Balaban J connectivity index is 2.51. The average molecular weight is 540 g/mol. The van der Waals surface area contributed by atoms with Gasteiger partial charge in [0.1, 0.15) is 24.7 Å². The minimum Gasteiger partial charge on any atom is -0.493 e. The molecule has 0 saturated heterocycles. The maximum atomic E-state index is 6.56. The first-order valence-electron chi connectivity index (χ1n) is 9.58. The molecule has 0 aliphatic heterocycles. The van der Waals surface area contributed by atoms with Crippen LogP contribution in [0, 0.1) is 6.92 Å². The molecule has 0 spiro atoms. The van der Waals surface area contributed by atoms with Gasteiger partial charge in [-0.05, 0) is 102 Å². The summed E-state index contributed by atoms with van der Waals surface area (Å²) in [5, 5.41) is 4.56. The van der Waals surface area contributed by atoms with Gasteiger partial charge in [0.2, 0.25) is 0 Å². The van der Waals surface area contributed by atoms with Gasteiger partial charge in [-0.1, -0.05) is 23.7 Å². The Labute approximate surface area is 190 Å². The summed E-state index contributed by atoms with van der Waals surface area (Å²) in [6, 6.07) is 1.94. The van der Waals surface area contributed by atoms with Crippen LogP contribution in [0.1, 0.15) is 57.6 Å². The smallest absolute Gasteiger partial charge is 0.139 e. The van der Waals surface area contributed by atoms with E-state index >= 15 is 0 Å². The highest BCUT2D eigenvalue weighted by Crippen LogP contribution is 2.38. The van der Waals surface area contributed by atoms with Gasteiger partial charge in [-0.2, -0.15) is 0 Å². The highest BCUT2D eigenvalue weighted by molar-refractivity contribution is 9.28. The fourth-order valence-electron chi connectivity index (χ4n) is 2.60. The Bertz CT molecular complexity index is 670. The SMILES string of the molecule is CCc1c(Cl)c(OCC=C(Br)Br)cc(C)c1OCCCCCCON=C(C)C. The van der Waals surface area contributed by atoms with Crippen molar-refractivity contribution in [2.24, 2.45) is 5.16 Å². The van der Waals surface area contributed by atoms with Gasteiger partial charge in [0.05, 0.1) is 20.7 Å². The van der Waals surface area contributed by atoms with Gasteiger partial charge in [-0.3, -0.25) is 0 Å². The molecule has 0 aromatic heterocycles. The van der Waals surface area contributed by atoms with Gasteiger partial charge in [0, 0.05) is 5.56 Å². The summed E-state index contributed by atoms with van der Waals surface area (Å²) >= 11 is 13.2. The fourth-order valence-corrected chi connectivity index (χ4v) is 3.19. The number of aryl methyl sites for hydroxylation is 1. The Morgan fingerprint density at radius 2 is 1.79 bits per heavy atom. The second-order valence-corrected chi connectivity index (χ2v) is 9.76. The van der Waals surface area contributed by atoms with Crippen molar-refractivity contribution in [3.8, 4) is 11.5 Å². The molecule has 0 N–H and O–H groups in total. The lowest BCUT2D eigenvalue weighted by atomic mass is 10.1. The molecule has 0 radical (unpaired) electrons.